The van der Waals surface area contributed by atoms with Crippen molar-refractivity contribution in [1.29, 1.82) is 0 Å². The summed E-state index contributed by atoms with van der Waals surface area (Å²) in [6, 6.07) is 1.88. The van der Waals surface area contributed by atoms with Crippen LogP contribution in [0.15, 0.2) is 11.4 Å². The minimum atomic E-state index is -0.258. The number of hydrogen-bond donors (Lipinski definition) is 1. The molecule has 2 aromatic heterocycles. The summed E-state index contributed by atoms with van der Waals surface area (Å²) in [5.74, 6) is 0. The zero-order chi connectivity index (χ0) is 14.2. The van der Waals surface area contributed by atoms with E-state index < -0.39 is 0 Å². The van der Waals surface area contributed by atoms with Gasteiger partial charge in [-0.1, -0.05) is 48.9 Å². The molecule has 2 heterocycles. The van der Waals surface area contributed by atoms with Gasteiger partial charge in [0, 0.05) is 10.9 Å². The van der Waals surface area contributed by atoms with E-state index in [0.29, 0.717) is 8.67 Å². The lowest BCUT2D eigenvalue weighted by Crippen LogP contribution is -2.35. The van der Waals surface area contributed by atoms with Gasteiger partial charge in [0.2, 0.25) is 0 Å². The summed E-state index contributed by atoms with van der Waals surface area (Å²) < 4.78 is 1.38. The summed E-state index contributed by atoms with van der Waals surface area (Å²) in [4.78, 5) is 4.75. The topological polar surface area (TPSA) is 38.9 Å². The third kappa shape index (κ3) is 2.90. The zero-order valence-corrected chi connectivity index (χ0v) is 14.1. The van der Waals surface area contributed by atoms with Crippen LogP contribution < -0.4 is 5.73 Å². The van der Waals surface area contributed by atoms with Gasteiger partial charge in [0.1, 0.15) is 9.34 Å². The molecule has 2 nitrogen and oxygen atoms in total. The number of hydrogen-bond acceptors (Lipinski definition) is 4. The summed E-state index contributed by atoms with van der Waals surface area (Å²) in [7, 11) is 0. The van der Waals surface area contributed by atoms with Crippen LogP contribution in [0.4, 0.5) is 0 Å². The molecule has 0 atom stereocenters. The Hall–Kier alpha value is -0.130. The van der Waals surface area contributed by atoms with Crippen LogP contribution in [0.3, 0.4) is 0 Å². The quantitative estimate of drug-likeness (QED) is 0.709. The van der Waals surface area contributed by atoms with Crippen molar-refractivity contribution in [3.63, 3.8) is 0 Å². The fourth-order valence-corrected chi connectivity index (χ4v) is 5.19. The molecule has 1 fully saturated rings. The predicted octanol–water partition coefficient (Wildman–Crippen LogP) is 5.69. The molecular formula is C14H16Cl2N2S2. The Morgan fingerprint density at radius 2 is 1.85 bits per heavy atom. The molecule has 0 aromatic carbocycles. The fraction of sp³-hybridized carbons (Fsp3) is 0.500. The van der Waals surface area contributed by atoms with Crippen LogP contribution in [0.2, 0.25) is 8.67 Å². The molecule has 108 valence electrons. The van der Waals surface area contributed by atoms with Gasteiger partial charge in [0.05, 0.1) is 15.6 Å². The zero-order valence-electron chi connectivity index (χ0n) is 11.0. The molecule has 0 aliphatic heterocycles. The Kier molecular flexibility index (Phi) is 4.39. The van der Waals surface area contributed by atoms with Gasteiger partial charge in [-0.2, -0.15) is 0 Å². The molecule has 6 heteroatoms. The molecular weight excluding hydrogens is 331 g/mol. The summed E-state index contributed by atoms with van der Waals surface area (Å²) in [6.45, 7) is 0. The normalized spacial score (nSPS) is 18.9. The van der Waals surface area contributed by atoms with Crippen LogP contribution >= 0.6 is 45.9 Å². The van der Waals surface area contributed by atoms with Crippen LogP contribution in [-0.2, 0) is 5.54 Å². The minimum absolute atomic E-state index is 0.258. The van der Waals surface area contributed by atoms with Crippen molar-refractivity contribution in [3.05, 3.63) is 25.1 Å². The Morgan fingerprint density at radius 1 is 1.15 bits per heavy atom. The second-order valence-corrected chi connectivity index (χ2v) is 8.49. The van der Waals surface area contributed by atoms with Crippen molar-refractivity contribution in [3.8, 4) is 11.3 Å². The molecule has 2 aromatic rings. The Bertz CT molecular complexity index is 598. The largest absolute Gasteiger partial charge is 0.319 e. The molecule has 0 radical (unpaired) electrons. The Morgan fingerprint density at radius 3 is 2.45 bits per heavy atom. The van der Waals surface area contributed by atoms with Gasteiger partial charge in [-0.15, -0.1) is 22.7 Å². The van der Waals surface area contributed by atoms with E-state index in [4.69, 9.17) is 33.9 Å². The van der Waals surface area contributed by atoms with Crippen LogP contribution in [-0.4, -0.2) is 4.98 Å². The number of aromatic nitrogens is 1. The molecule has 0 unspecified atom stereocenters. The van der Waals surface area contributed by atoms with Crippen LogP contribution in [0.1, 0.15) is 43.5 Å². The third-order valence-electron chi connectivity index (χ3n) is 3.86. The van der Waals surface area contributed by atoms with Crippen molar-refractivity contribution < 1.29 is 0 Å². The maximum atomic E-state index is 6.61. The van der Waals surface area contributed by atoms with E-state index in [1.807, 2.05) is 11.4 Å². The van der Waals surface area contributed by atoms with E-state index in [0.717, 1.165) is 29.1 Å². The lowest BCUT2D eigenvalue weighted by atomic mass is 9.92. The summed E-state index contributed by atoms with van der Waals surface area (Å²) >= 11 is 15.2. The maximum absolute atomic E-state index is 6.61. The van der Waals surface area contributed by atoms with Gasteiger partial charge in [-0.25, -0.2) is 4.98 Å². The molecule has 1 aliphatic rings. The van der Waals surface area contributed by atoms with Gasteiger partial charge in [0.25, 0.3) is 0 Å². The Balaban J connectivity index is 1.91. The molecule has 20 heavy (non-hydrogen) atoms. The van der Waals surface area contributed by atoms with Crippen molar-refractivity contribution in [2.24, 2.45) is 5.73 Å². The van der Waals surface area contributed by atoms with Crippen LogP contribution in [0.5, 0.6) is 0 Å². The van der Waals surface area contributed by atoms with Crippen LogP contribution in [0, 0.1) is 0 Å². The molecule has 3 rings (SSSR count). The van der Waals surface area contributed by atoms with E-state index in [1.54, 1.807) is 11.3 Å². The van der Waals surface area contributed by atoms with Crippen molar-refractivity contribution >= 4 is 45.9 Å². The summed E-state index contributed by atoms with van der Waals surface area (Å²) in [6.07, 6.45) is 7.00. The first-order chi connectivity index (χ1) is 9.58. The summed E-state index contributed by atoms with van der Waals surface area (Å²) in [5, 5.41) is 3.08. The number of nitrogens with zero attached hydrogens (tertiary/aromatic N) is 1. The molecule has 1 saturated carbocycles. The van der Waals surface area contributed by atoms with Crippen molar-refractivity contribution in [1.82, 2.24) is 4.98 Å². The average Bonchev–Trinajstić information content (AvgIpc) is 2.94. The first-order valence-electron chi connectivity index (χ1n) is 6.79. The molecule has 1 aliphatic carbocycles. The highest BCUT2D eigenvalue weighted by Crippen LogP contribution is 2.41. The lowest BCUT2D eigenvalue weighted by Gasteiger charge is -2.25. The highest BCUT2D eigenvalue weighted by molar-refractivity contribution is 7.20. The number of thiazole rings is 1. The highest BCUT2D eigenvalue weighted by atomic mass is 35.5. The number of nitrogens with two attached hydrogens (primary N) is 1. The van der Waals surface area contributed by atoms with Gasteiger partial charge in [-0.05, 0) is 18.9 Å². The minimum Gasteiger partial charge on any atom is -0.319 e. The molecule has 0 bridgehead atoms. The van der Waals surface area contributed by atoms with E-state index in [2.05, 4.69) is 0 Å². The smallest absolute Gasteiger partial charge is 0.113 e. The van der Waals surface area contributed by atoms with E-state index in [-0.39, 0.29) is 5.54 Å². The van der Waals surface area contributed by atoms with E-state index in [9.17, 15) is 0 Å². The van der Waals surface area contributed by atoms with Gasteiger partial charge < -0.3 is 5.73 Å². The monoisotopic (exact) mass is 346 g/mol. The van der Waals surface area contributed by atoms with Crippen molar-refractivity contribution in [2.45, 2.75) is 44.1 Å². The van der Waals surface area contributed by atoms with Gasteiger partial charge >= 0.3 is 0 Å². The molecule has 2 N–H and O–H groups in total. The van der Waals surface area contributed by atoms with Crippen molar-refractivity contribution in [2.75, 3.05) is 0 Å². The summed E-state index contributed by atoms with van der Waals surface area (Å²) in [5.41, 5.74) is 8.16. The highest BCUT2D eigenvalue weighted by Gasteiger charge is 2.31. The third-order valence-corrected chi connectivity index (χ3v) is 6.41. The SMILES string of the molecule is NC1(c2nc(-c3cc(Cl)sc3Cl)cs2)CCCCCC1. The second-order valence-electron chi connectivity index (χ2n) is 5.35. The Labute approximate surface area is 136 Å². The fourth-order valence-electron chi connectivity index (χ4n) is 2.71. The average molecular weight is 347 g/mol. The predicted molar refractivity (Wildman–Crippen MR) is 89.0 cm³/mol. The first kappa shape index (κ1) is 14.8. The van der Waals surface area contributed by atoms with E-state index in [1.165, 1.54) is 37.0 Å². The van der Waals surface area contributed by atoms with Gasteiger partial charge in [0.15, 0.2) is 0 Å². The van der Waals surface area contributed by atoms with Gasteiger partial charge in [-0.3, -0.25) is 0 Å². The number of thiophene rings is 1. The maximum Gasteiger partial charge on any atom is 0.113 e. The second kappa shape index (κ2) is 5.93. The number of rotatable bonds is 2. The number of halogens is 2. The lowest BCUT2D eigenvalue weighted by molar-refractivity contribution is 0.384. The molecule has 0 saturated heterocycles. The first-order valence-corrected chi connectivity index (χ1v) is 9.24. The molecule has 0 spiro atoms. The van der Waals surface area contributed by atoms with Crippen LogP contribution in [0.25, 0.3) is 11.3 Å². The standard InChI is InChI=1S/C14H16Cl2N2S2/c15-11-7-9(12(16)20-11)10-8-19-13(18-10)14(17)5-3-1-2-4-6-14/h7-8H,1-6,17H2. The van der Waals surface area contributed by atoms with E-state index >= 15 is 0 Å². The molecule has 0 amide bonds.